The van der Waals surface area contributed by atoms with Gasteiger partial charge in [-0.2, -0.15) is 0 Å². The summed E-state index contributed by atoms with van der Waals surface area (Å²) in [5.41, 5.74) is 0. The fraction of sp³-hybridized carbons (Fsp3) is 0.667. The van der Waals surface area contributed by atoms with Gasteiger partial charge in [0.2, 0.25) is 0 Å². The second-order valence-electron chi connectivity index (χ2n) is 3.31. The summed E-state index contributed by atoms with van der Waals surface area (Å²) in [6.07, 6.45) is 2.47. The first-order valence-corrected chi connectivity index (χ1v) is 10.0. The average molecular weight is 468 g/mol. The van der Waals surface area contributed by atoms with Gasteiger partial charge in [-0.1, -0.05) is 31.9 Å². The molecule has 10 heteroatoms. The molecule has 0 saturated heterocycles. The second-order valence-corrected chi connectivity index (χ2v) is 5.81. The van der Waals surface area contributed by atoms with E-state index in [1.807, 2.05) is 0 Å². The maximum absolute atomic E-state index is 11.9. The fourth-order valence-corrected chi connectivity index (χ4v) is 1.85. The van der Waals surface area contributed by atoms with E-state index in [4.69, 9.17) is 28.0 Å². The molecule has 0 bridgehead atoms. The van der Waals surface area contributed by atoms with E-state index < -0.39 is 8.25 Å². The van der Waals surface area contributed by atoms with Crippen molar-refractivity contribution in [1.82, 2.24) is 0 Å². The molecule has 0 N–H and O–H groups in total. The Morgan fingerprint density at radius 2 is 1.32 bits per heavy atom. The number of alkyl halides is 2. The minimum Gasteiger partial charge on any atom is -0.494 e. The van der Waals surface area contributed by atoms with Crippen LogP contribution in [0.15, 0.2) is 24.4 Å². The summed E-state index contributed by atoms with van der Waals surface area (Å²) >= 11 is 6.42. The van der Waals surface area contributed by atoms with E-state index in [-0.39, 0.29) is 11.9 Å². The van der Waals surface area contributed by atoms with E-state index in [1.165, 1.54) is 12.5 Å². The highest BCUT2D eigenvalue weighted by Crippen LogP contribution is 2.32. The molecule has 0 aromatic rings. The summed E-state index contributed by atoms with van der Waals surface area (Å²) in [6, 6.07) is 0. The number of rotatable bonds is 14. The molecule has 0 aliphatic rings. The van der Waals surface area contributed by atoms with E-state index in [0.717, 1.165) is 0 Å². The molecule has 0 unspecified atom stereocenters. The van der Waals surface area contributed by atoms with Crippen LogP contribution < -0.4 is 0 Å². The van der Waals surface area contributed by atoms with E-state index >= 15 is 0 Å². The third-order valence-electron chi connectivity index (χ3n) is 1.70. The van der Waals surface area contributed by atoms with Gasteiger partial charge in [0.05, 0.1) is 13.2 Å². The molecule has 0 spiro atoms. The van der Waals surface area contributed by atoms with Crippen molar-refractivity contribution in [1.29, 1.82) is 0 Å². The predicted octanol–water partition coefficient (Wildman–Crippen LogP) is 3.90. The van der Waals surface area contributed by atoms with E-state index in [0.29, 0.717) is 37.1 Å². The SMILES string of the molecule is CCOC=C(OCCBr)O[PH](=O)OC(=COCC)OCCBr. The van der Waals surface area contributed by atoms with Crippen LogP contribution in [0.2, 0.25) is 0 Å². The smallest absolute Gasteiger partial charge is 0.423 e. The molecule has 0 atom stereocenters. The molecular weight excluding hydrogens is 447 g/mol. The maximum atomic E-state index is 11.9. The van der Waals surface area contributed by atoms with Crippen LogP contribution in [0.4, 0.5) is 0 Å². The lowest BCUT2D eigenvalue weighted by Gasteiger charge is -2.13. The van der Waals surface area contributed by atoms with Crippen LogP contribution in [0, 0.1) is 0 Å². The molecule has 0 amide bonds. The molecule has 0 radical (unpaired) electrons. The van der Waals surface area contributed by atoms with E-state index in [9.17, 15) is 4.57 Å². The lowest BCUT2D eigenvalue weighted by atomic mass is 10.8. The van der Waals surface area contributed by atoms with Gasteiger partial charge in [-0.25, -0.2) is 4.57 Å². The molecule has 0 fully saturated rings. The van der Waals surface area contributed by atoms with Crippen LogP contribution >= 0.6 is 40.1 Å². The number of hydrogen-bond donors (Lipinski definition) is 0. The summed E-state index contributed by atoms with van der Waals surface area (Å²) in [5, 5.41) is 1.18. The zero-order chi connectivity index (χ0) is 16.6. The van der Waals surface area contributed by atoms with Crippen molar-refractivity contribution in [3.8, 4) is 0 Å². The van der Waals surface area contributed by atoms with Crippen LogP contribution in [0.1, 0.15) is 13.8 Å². The minimum absolute atomic E-state index is 0.0264. The van der Waals surface area contributed by atoms with Crippen LogP contribution in [-0.4, -0.2) is 37.1 Å². The summed E-state index contributed by atoms with van der Waals surface area (Å²) in [6.45, 7) is 5.11. The molecule has 0 rings (SSSR count). The zero-order valence-electron chi connectivity index (χ0n) is 12.5. The van der Waals surface area contributed by atoms with Crippen LogP contribution in [-0.2, 0) is 32.6 Å². The van der Waals surface area contributed by atoms with Gasteiger partial charge in [-0.3, -0.25) is 0 Å². The van der Waals surface area contributed by atoms with Gasteiger partial charge in [0, 0.05) is 10.7 Å². The average Bonchev–Trinajstić information content (AvgIpc) is 2.52. The summed E-state index contributed by atoms with van der Waals surface area (Å²) < 4.78 is 42.6. The number of hydrogen-bond acceptors (Lipinski definition) is 7. The first-order chi connectivity index (χ1) is 10.7. The largest absolute Gasteiger partial charge is 0.494 e. The minimum atomic E-state index is -2.93. The van der Waals surface area contributed by atoms with Crippen molar-refractivity contribution in [2.24, 2.45) is 0 Å². The Morgan fingerprint density at radius 3 is 1.64 bits per heavy atom. The van der Waals surface area contributed by atoms with Crippen molar-refractivity contribution in [2.75, 3.05) is 37.1 Å². The molecule has 0 aromatic heterocycles. The van der Waals surface area contributed by atoms with Crippen molar-refractivity contribution in [3.05, 3.63) is 24.4 Å². The van der Waals surface area contributed by atoms with Gasteiger partial charge in [0.25, 0.3) is 0 Å². The van der Waals surface area contributed by atoms with Gasteiger partial charge in [-0.05, 0) is 13.8 Å². The Kier molecular flexibility index (Phi) is 15.0. The quantitative estimate of drug-likeness (QED) is 0.218. The third kappa shape index (κ3) is 12.1. The number of halogens is 2. The highest BCUT2D eigenvalue weighted by Gasteiger charge is 2.12. The number of ether oxygens (including phenoxy) is 4. The molecule has 0 aliphatic carbocycles. The monoisotopic (exact) mass is 466 g/mol. The van der Waals surface area contributed by atoms with E-state index in [1.54, 1.807) is 13.8 Å². The predicted molar refractivity (Wildman–Crippen MR) is 90.1 cm³/mol. The molecular formula is C12H21Br2O7P. The highest BCUT2D eigenvalue weighted by atomic mass is 79.9. The lowest BCUT2D eigenvalue weighted by Crippen LogP contribution is -2.01. The van der Waals surface area contributed by atoms with E-state index in [2.05, 4.69) is 31.9 Å². The van der Waals surface area contributed by atoms with Crippen molar-refractivity contribution < 1.29 is 32.6 Å². The molecule has 0 aromatic carbocycles. The van der Waals surface area contributed by atoms with Gasteiger partial charge in [-0.15, -0.1) is 0 Å². The molecule has 0 saturated carbocycles. The van der Waals surface area contributed by atoms with Crippen molar-refractivity contribution >= 4 is 40.1 Å². The van der Waals surface area contributed by atoms with Crippen LogP contribution in [0.3, 0.4) is 0 Å². The van der Waals surface area contributed by atoms with Crippen molar-refractivity contribution in [3.63, 3.8) is 0 Å². The molecule has 22 heavy (non-hydrogen) atoms. The van der Waals surface area contributed by atoms with Gasteiger partial charge < -0.3 is 28.0 Å². The van der Waals surface area contributed by atoms with Crippen molar-refractivity contribution in [2.45, 2.75) is 13.8 Å². The normalized spacial score (nSPS) is 13.3. The first-order valence-electron chi connectivity index (χ1n) is 6.58. The summed E-state index contributed by atoms with van der Waals surface area (Å²) in [4.78, 5) is 0. The molecule has 0 aliphatic heterocycles. The first kappa shape index (κ1) is 21.5. The molecule has 130 valence electrons. The van der Waals surface area contributed by atoms with Crippen LogP contribution in [0.5, 0.6) is 0 Å². The summed E-state index contributed by atoms with van der Waals surface area (Å²) in [7, 11) is -2.93. The van der Waals surface area contributed by atoms with Gasteiger partial charge in [0.1, 0.15) is 13.2 Å². The topological polar surface area (TPSA) is 72.5 Å². The Hall–Kier alpha value is -0.530. The maximum Gasteiger partial charge on any atom is 0.423 e. The Morgan fingerprint density at radius 1 is 0.909 bits per heavy atom. The van der Waals surface area contributed by atoms with Gasteiger partial charge in [0.15, 0.2) is 12.5 Å². The lowest BCUT2D eigenvalue weighted by molar-refractivity contribution is 0.0662. The molecule has 7 nitrogen and oxygen atoms in total. The molecule has 0 heterocycles. The highest BCUT2D eigenvalue weighted by molar-refractivity contribution is 9.09. The Labute approximate surface area is 148 Å². The Bertz CT molecular complexity index is 331. The second kappa shape index (κ2) is 15.4. The Balaban J connectivity index is 4.54. The third-order valence-corrected chi connectivity index (χ3v) is 3.09. The zero-order valence-corrected chi connectivity index (χ0v) is 16.7. The summed E-state index contributed by atoms with van der Waals surface area (Å²) in [5.74, 6) is -0.0529. The fourth-order valence-electron chi connectivity index (χ4n) is 0.941. The van der Waals surface area contributed by atoms with Crippen LogP contribution in [0.25, 0.3) is 0 Å². The van der Waals surface area contributed by atoms with Gasteiger partial charge >= 0.3 is 20.1 Å². The standard InChI is InChI=1S/C12H21Br2O7P/c1-3-16-9-11(18-7-5-13)20-22(15)21-12(10-17-4-2)19-8-6-14/h9-10,22H,3-8H2,1-2H3.